The van der Waals surface area contributed by atoms with Gasteiger partial charge in [-0.2, -0.15) is 13.9 Å². The van der Waals surface area contributed by atoms with E-state index in [0.717, 1.165) is 0 Å². The van der Waals surface area contributed by atoms with E-state index in [9.17, 15) is 17.2 Å². The maximum Gasteiger partial charge on any atom is 0.387 e. The van der Waals surface area contributed by atoms with Crippen LogP contribution in [0.4, 0.5) is 19.0 Å². The SMILES string of the molecule is COc1cc(C)nc(OC)c1S(=O)(=O)Nc1noc2cc(Cn3cccn3)c(F)c(OC(F)F)c12. The molecule has 0 spiro atoms. The molecule has 15 heteroatoms. The van der Waals surface area contributed by atoms with Crippen LogP contribution in [0.5, 0.6) is 17.4 Å². The Morgan fingerprint density at radius 3 is 2.63 bits per heavy atom. The number of methoxy groups -OCH3 is 2. The van der Waals surface area contributed by atoms with Crippen LogP contribution in [0.1, 0.15) is 11.3 Å². The molecular weight excluding hydrogens is 495 g/mol. The van der Waals surface area contributed by atoms with Crippen LogP contribution < -0.4 is 18.9 Å². The van der Waals surface area contributed by atoms with Crippen molar-refractivity contribution in [2.75, 3.05) is 18.9 Å². The molecule has 0 radical (unpaired) electrons. The van der Waals surface area contributed by atoms with Crippen LogP contribution in [0.3, 0.4) is 0 Å². The zero-order valence-corrected chi connectivity index (χ0v) is 19.3. The zero-order chi connectivity index (χ0) is 25.3. The first-order chi connectivity index (χ1) is 16.6. The fourth-order valence-electron chi connectivity index (χ4n) is 3.37. The summed E-state index contributed by atoms with van der Waals surface area (Å²) in [4.78, 5) is 3.53. The van der Waals surface area contributed by atoms with E-state index in [0.29, 0.717) is 5.69 Å². The van der Waals surface area contributed by atoms with Crippen LogP contribution in [0.25, 0.3) is 11.0 Å². The van der Waals surface area contributed by atoms with E-state index in [2.05, 4.69) is 24.7 Å². The summed E-state index contributed by atoms with van der Waals surface area (Å²) in [6, 6.07) is 4.13. The van der Waals surface area contributed by atoms with Gasteiger partial charge in [0.1, 0.15) is 11.1 Å². The lowest BCUT2D eigenvalue weighted by molar-refractivity contribution is -0.0511. The molecule has 186 valence electrons. The first-order valence-electron chi connectivity index (χ1n) is 9.80. The number of nitrogens with one attached hydrogen (secondary N) is 1. The fourth-order valence-corrected chi connectivity index (χ4v) is 4.63. The first kappa shape index (κ1) is 24.1. The highest BCUT2D eigenvalue weighted by atomic mass is 32.2. The van der Waals surface area contributed by atoms with Gasteiger partial charge < -0.3 is 18.7 Å². The molecule has 1 N–H and O–H groups in total. The van der Waals surface area contributed by atoms with Crippen LogP contribution in [-0.4, -0.2) is 49.2 Å². The molecule has 0 amide bonds. The Labute approximate surface area is 196 Å². The van der Waals surface area contributed by atoms with Gasteiger partial charge in [0.25, 0.3) is 10.0 Å². The van der Waals surface area contributed by atoms with Gasteiger partial charge in [0, 0.05) is 29.7 Å². The lowest BCUT2D eigenvalue weighted by Gasteiger charge is -2.15. The van der Waals surface area contributed by atoms with Crippen molar-refractivity contribution < 1.29 is 40.3 Å². The van der Waals surface area contributed by atoms with E-state index in [-0.39, 0.29) is 29.3 Å². The number of anilines is 1. The summed E-state index contributed by atoms with van der Waals surface area (Å²) >= 11 is 0. The number of nitrogens with zero attached hydrogens (tertiary/aromatic N) is 4. The average Bonchev–Trinajstić information content (AvgIpc) is 3.45. The second kappa shape index (κ2) is 9.32. The number of rotatable bonds is 9. The molecule has 35 heavy (non-hydrogen) atoms. The molecule has 0 aliphatic rings. The number of sulfonamides is 1. The molecule has 1 aromatic carbocycles. The Balaban J connectivity index is 1.84. The van der Waals surface area contributed by atoms with Gasteiger partial charge in [0.05, 0.1) is 20.8 Å². The van der Waals surface area contributed by atoms with Crippen LogP contribution in [0.2, 0.25) is 0 Å². The number of hydrogen-bond donors (Lipinski definition) is 1. The minimum Gasteiger partial charge on any atom is -0.495 e. The zero-order valence-electron chi connectivity index (χ0n) is 18.5. The highest BCUT2D eigenvalue weighted by Crippen LogP contribution is 2.40. The van der Waals surface area contributed by atoms with Crippen LogP contribution in [-0.2, 0) is 16.6 Å². The van der Waals surface area contributed by atoms with Crippen molar-refractivity contribution >= 4 is 26.8 Å². The fraction of sp³-hybridized carbons (Fsp3) is 0.250. The van der Waals surface area contributed by atoms with Gasteiger partial charge in [-0.15, -0.1) is 0 Å². The molecule has 0 atom stereocenters. The Morgan fingerprint density at radius 1 is 1.23 bits per heavy atom. The molecule has 0 bridgehead atoms. The minimum absolute atomic E-state index is 0.103. The maximum absolute atomic E-state index is 15.3. The van der Waals surface area contributed by atoms with Crippen LogP contribution in [0.15, 0.2) is 40.0 Å². The number of aryl methyl sites for hydroxylation is 1. The van der Waals surface area contributed by atoms with Gasteiger partial charge in [0.2, 0.25) is 5.88 Å². The Kier molecular flexibility index (Phi) is 6.43. The van der Waals surface area contributed by atoms with E-state index in [4.69, 9.17) is 14.0 Å². The van der Waals surface area contributed by atoms with Crippen molar-refractivity contribution in [3.8, 4) is 17.4 Å². The summed E-state index contributed by atoms with van der Waals surface area (Å²) in [5.41, 5.74) is 0.0975. The van der Waals surface area contributed by atoms with E-state index in [1.165, 1.54) is 43.4 Å². The number of hydrogen-bond acceptors (Lipinski definition) is 9. The lowest BCUT2D eigenvalue weighted by Crippen LogP contribution is -2.17. The number of aromatic nitrogens is 4. The van der Waals surface area contributed by atoms with Gasteiger partial charge in [-0.1, -0.05) is 5.16 Å². The van der Waals surface area contributed by atoms with Gasteiger partial charge in [-0.3, -0.25) is 9.40 Å². The maximum atomic E-state index is 15.3. The molecule has 0 unspecified atom stereocenters. The standard InChI is InChI=1S/C20H18F3N5O6S/c1-10-7-13(31-2)17(19(25-10)32-3)35(29,30)27-18-14-12(34-26-18)8-11(9-28-6-4-5-24-28)15(21)16(14)33-20(22)23/h4-8,20H,9H2,1-3H3,(H,26,27). The van der Waals surface area contributed by atoms with Crippen molar-refractivity contribution in [2.45, 2.75) is 25.0 Å². The Hall–Kier alpha value is -4.01. The molecule has 0 saturated heterocycles. The summed E-state index contributed by atoms with van der Waals surface area (Å²) in [5.74, 6) is -3.10. The molecule has 4 rings (SSSR count). The third-order valence-electron chi connectivity index (χ3n) is 4.78. The van der Waals surface area contributed by atoms with Crippen LogP contribution in [0, 0.1) is 12.7 Å². The van der Waals surface area contributed by atoms with E-state index in [1.807, 2.05) is 0 Å². The predicted molar refractivity (Wildman–Crippen MR) is 115 cm³/mol. The molecule has 11 nitrogen and oxygen atoms in total. The van der Waals surface area contributed by atoms with Crippen molar-refractivity contribution in [3.63, 3.8) is 0 Å². The normalized spacial score (nSPS) is 11.7. The number of benzene rings is 1. The summed E-state index contributed by atoms with van der Waals surface area (Å²) in [6.07, 6.45) is 2.99. The number of fused-ring (bicyclic) bond motifs is 1. The molecule has 4 aromatic rings. The van der Waals surface area contributed by atoms with Crippen molar-refractivity contribution in [1.82, 2.24) is 19.9 Å². The largest absolute Gasteiger partial charge is 0.495 e. The van der Waals surface area contributed by atoms with E-state index in [1.54, 1.807) is 13.0 Å². The molecule has 0 fully saturated rings. The monoisotopic (exact) mass is 513 g/mol. The predicted octanol–water partition coefficient (Wildman–Crippen LogP) is 3.33. The van der Waals surface area contributed by atoms with E-state index < -0.39 is 44.3 Å². The van der Waals surface area contributed by atoms with Gasteiger partial charge in [-0.25, -0.2) is 17.8 Å². The van der Waals surface area contributed by atoms with Crippen molar-refractivity contribution in [2.24, 2.45) is 0 Å². The summed E-state index contributed by atoms with van der Waals surface area (Å²) in [5, 5.41) is 7.09. The molecule has 0 aliphatic carbocycles. The number of alkyl halides is 2. The third-order valence-corrected chi connectivity index (χ3v) is 6.15. The summed E-state index contributed by atoms with van der Waals surface area (Å²) in [6.45, 7) is -1.97. The second-order valence-electron chi connectivity index (χ2n) is 7.08. The smallest absolute Gasteiger partial charge is 0.387 e. The van der Waals surface area contributed by atoms with Crippen LogP contribution >= 0.6 is 0 Å². The first-order valence-corrected chi connectivity index (χ1v) is 11.3. The molecule has 0 aliphatic heterocycles. The summed E-state index contributed by atoms with van der Waals surface area (Å²) in [7, 11) is -2.11. The summed E-state index contributed by atoms with van der Waals surface area (Å²) < 4.78 is 91.2. The molecular formula is C20H18F3N5O6S. The molecule has 3 heterocycles. The lowest BCUT2D eigenvalue weighted by atomic mass is 10.1. The van der Waals surface area contributed by atoms with E-state index >= 15 is 4.39 Å². The van der Waals surface area contributed by atoms with Gasteiger partial charge >= 0.3 is 6.61 Å². The Morgan fingerprint density at radius 2 is 2.00 bits per heavy atom. The topological polar surface area (TPSA) is 131 Å². The Bertz CT molecular complexity index is 1450. The highest BCUT2D eigenvalue weighted by Gasteiger charge is 2.31. The number of ether oxygens (including phenoxy) is 3. The number of pyridine rings is 1. The van der Waals surface area contributed by atoms with Crippen molar-refractivity contribution in [3.05, 3.63) is 47.7 Å². The average molecular weight is 513 g/mol. The quantitative estimate of drug-likeness (QED) is 0.358. The number of halogens is 3. The van der Waals surface area contributed by atoms with Crippen molar-refractivity contribution in [1.29, 1.82) is 0 Å². The second-order valence-corrected chi connectivity index (χ2v) is 8.69. The van der Waals surface area contributed by atoms with Gasteiger partial charge in [-0.05, 0) is 19.1 Å². The molecule has 0 saturated carbocycles. The molecule has 3 aromatic heterocycles. The minimum atomic E-state index is -4.55. The van der Waals surface area contributed by atoms with Gasteiger partial charge in [0.15, 0.2) is 27.9 Å². The third kappa shape index (κ3) is 4.66. The highest BCUT2D eigenvalue weighted by molar-refractivity contribution is 7.93.